The molecule has 1 amide bonds. The normalized spacial score (nSPS) is 10.3. The number of carbonyl (C=O) groups is 1. The summed E-state index contributed by atoms with van der Waals surface area (Å²) < 4.78 is 18.0. The van der Waals surface area contributed by atoms with Crippen LogP contribution in [0, 0.1) is 13.8 Å². The van der Waals surface area contributed by atoms with Gasteiger partial charge >= 0.3 is 0 Å². The van der Waals surface area contributed by atoms with Gasteiger partial charge in [-0.25, -0.2) is 0 Å². The van der Waals surface area contributed by atoms with Crippen molar-refractivity contribution >= 4 is 44.9 Å². The maximum atomic E-state index is 12.9. The molecule has 0 aromatic heterocycles. The van der Waals surface area contributed by atoms with E-state index in [2.05, 4.69) is 26.6 Å². The number of thiocarbonyl (C=S) groups is 1. The van der Waals surface area contributed by atoms with Gasteiger partial charge in [-0.05, 0) is 82.2 Å². The van der Waals surface area contributed by atoms with Crippen LogP contribution in [-0.4, -0.2) is 30.8 Å². The highest BCUT2D eigenvalue weighted by molar-refractivity contribution is 9.10. The smallest absolute Gasteiger partial charge is 0.257 e. The molecule has 0 radical (unpaired) electrons. The molecule has 0 spiro atoms. The number of hydrogen-bond acceptors (Lipinski definition) is 5. The predicted octanol–water partition coefficient (Wildman–Crippen LogP) is 5.39. The molecule has 0 aliphatic carbocycles. The van der Waals surface area contributed by atoms with Crippen molar-refractivity contribution < 1.29 is 19.0 Å². The van der Waals surface area contributed by atoms with Crippen LogP contribution >= 0.6 is 28.1 Å². The van der Waals surface area contributed by atoms with Crippen molar-refractivity contribution in [2.24, 2.45) is 0 Å². The summed E-state index contributed by atoms with van der Waals surface area (Å²) in [5, 5.41) is 6.04. The van der Waals surface area contributed by atoms with Crippen LogP contribution in [0.2, 0.25) is 0 Å². The van der Waals surface area contributed by atoms with Gasteiger partial charge < -0.3 is 19.5 Å². The molecule has 0 unspecified atom stereocenters. The third-order valence-corrected chi connectivity index (χ3v) is 4.80. The number of halogens is 1. The second kappa shape index (κ2) is 11.2. The molecule has 2 rings (SSSR count). The van der Waals surface area contributed by atoms with E-state index in [1.54, 1.807) is 12.1 Å². The zero-order chi connectivity index (χ0) is 22.3. The number of hydrogen-bond donors (Lipinski definition) is 2. The van der Waals surface area contributed by atoms with Crippen LogP contribution in [0.1, 0.15) is 42.3 Å². The average molecular weight is 495 g/mol. The molecular formula is C22H27BrN2O4S. The second-order valence-electron chi connectivity index (χ2n) is 6.42. The molecule has 2 aromatic rings. The lowest BCUT2D eigenvalue weighted by Gasteiger charge is -2.18. The number of nitrogens with one attached hydrogen (secondary N) is 2. The Kier molecular flexibility index (Phi) is 8.92. The van der Waals surface area contributed by atoms with Crippen LogP contribution in [-0.2, 0) is 0 Å². The fourth-order valence-electron chi connectivity index (χ4n) is 2.95. The molecule has 2 aromatic carbocycles. The summed E-state index contributed by atoms with van der Waals surface area (Å²) in [5.74, 6) is 1.02. The van der Waals surface area contributed by atoms with Gasteiger partial charge in [0, 0.05) is 15.7 Å². The molecule has 0 saturated carbocycles. The quantitative estimate of drug-likeness (QED) is 0.479. The van der Waals surface area contributed by atoms with Gasteiger partial charge in [0.2, 0.25) is 5.75 Å². The number of ether oxygens (including phenoxy) is 3. The first-order chi connectivity index (χ1) is 14.3. The lowest BCUT2D eigenvalue weighted by atomic mass is 10.1. The van der Waals surface area contributed by atoms with Gasteiger partial charge in [0.15, 0.2) is 16.6 Å². The molecule has 2 N–H and O–H groups in total. The van der Waals surface area contributed by atoms with Crippen LogP contribution in [0.4, 0.5) is 5.69 Å². The average Bonchev–Trinajstić information content (AvgIpc) is 2.67. The monoisotopic (exact) mass is 494 g/mol. The Labute approximate surface area is 191 Å². The van der Waals surface area contributed by atoms with Crippen molar-refractivity contribution in [1.29, 1.82) is 0 Å². The molecule has 6 nitrogen and oxygen atoms in total. The zero-order valence-electron chi connectivity index (χ0n) is 17.8. The summed E-state index contributed by atoms with van der Waals surface area (Å²) >= 11 is 8.83. The van der Waals surface area contributed by atoms with Gasteiger partial charge in [0.05, 0.1) is 19.8 Å². The van der Waals surface area contributed by atoms with E-state index < -0.39 is 0 Å². The molecule has 30 heavy (non-hydrogen) atoms. The number of carbonyl (C=O) groups excluding carboxylic acids is 1. The van der Waals surface area contributed by atoms with E-state index in [4.69, 9.17) is 26.4 Å². The van der Waals surface area contributed by atoms with Crippen molar-refractivity contribution in [3.05, 3.63) is 45.4 Å². The molecule has 0 fully saturated rings. The summed E-state index contributed by atoms with van der Waals surface area (Å²) in [6.07, 6.45) is 0. The second-order valence-corrected chi connectivity index (χ2v) is 7.75. The van der Waals surface area contributed by atoms with E-state index >= 15 is 0 Å². The molecule has 0 heterocycles. The Bertz CT molecular complexity index is 883. The minimum Gasteiger partial charge on any atom is -0.490 e. The fourth-order valence-corrected chi connectivity index (χ4v) is 3.83. The fraction of sp³-hybridized carbons (Fsp3) is 0.364. The van der Waals surface area contributed by atoms with E-state index in [1.165, 1.54) is 0 Å². The third kappa shape index (κ3) is 6.09. The van der Waals surface area contributed by atoms with Crippen LogP contribution in [0.3, 0.4) is 0 Å². The molecular weight excluding hydrogens is 468 g/mol. The first-order valence-electron chi connectivity index (χ1n) is 9.76. The first kappa shape index (κ1) is 24.0. The Hall–Kier alpha value is -2.32. The van der Waals surface area contributed by atoms with Crippen LogP contribution < -0.4 is 24.8 Å². The highest BCUT2D eigenvalue weighted by Gasteiger charge is 2.19. The summed E-state index contributed by atoms with van der Waals surface area (Å²) in [6, 6.07) is 7.22. The van der Waals surface area contributed by atoms with Gasteiger partial charge in [-0.2, -0.15) is 0 Å². The standard InChI is InChI=1S/C22H27BrN2O4S/c1-6-27-17-11-15(12-18(28-7-2)20(17)29-8-3)21(26)25-22(30)24-19-13(4)9-16(23)10-14(19)5/h9-12H,6-8H2,1-5H3,(H2,24,25,26,30). The SMILES string of the molecule is CCOc1cc(C(=O)NC(=S)Nc2c(C)cc(Br)cc2C)cc(OCC)c1OCC. The molecule has 0 bridgehead atoms. The molecule has 0 aliphatic heterocycles. The topological polar surface area (TPSA) is 68.8 Å². The highest BCUT2D eigenvalue weighted by Crippen LogP contribution is 2.39. The summed E-state index contributed by atoms with van der Waals surface area (Å²) in [5.41, 5.74) is 3.24. The minimum absolute atomic E-state index is 0.207. The highest BCUT2D eigenvalue weighted by atomic mass is 79.9. The van der Waals surface area contributed by atoms with Gasteiger partial charge in [0.25, 0.3) is 5.91 Å². The lowest BCUT2D eigenvalue weighted by Crippen LogP contribution is -2.34. The Balaban J connectivity index is 2.26. The molecule has 0 atom stereocenters. The number of benzene rings is 2. The summed E-state index contributed by atoms with van der Waals surface area (Å²) in [6.45, 7) is 10.9. The summed E-state index contributed by atoms with van der Waals surface area (Å²) in [7, 11) is 0. The van der Waals surface area contributed by atoms with Gasteiger partial charge in [0.1, 0.15) is 0 Å². The maximum Gasteiger partial charge on any atom is 0.257 e. The molecule has 162 valence electrons. The van der Waals surface area contributed by atoms with Crippen LogP contribution in [0.5, 0.6) is 17.2 Å². The Morgan fingerprint density at radius 3 is 1.90 bits per heavy atom. The van der Waals surface area contributed by atoms with Crippen molar-refractivity contribution in [3.8, 4) is 17.2 Å². The van der Waals surface area contributed by atoms with Crippen LogP contribution in [0.15, 0.2) is 28.7 Å². The van der Waals surface area contributed by atoms with E-state index in [-0.39, 0.29) is 11.0 Å². The van der Waals surface area contributed by atoms with E-state index in [0.717, 1.165) is 21.3 Å². The number of anilines is 1. The van der Waals surface area contributed by atoms with Gasteiger partial charge in [-0.15, -0.1) is 0 Å². The summed E-state index contributed by atoms with van der Waals surface area (Å²) in [4.78, 5) is 12.9. The number of aryl methyl sites for hydroxylation is 2. The van der Waals surface area contributed by atoms with E-state index in [0.29, 0.717) is 42.6 Å². The van der Waals surface area contributed by atoms with Gasteiger partial charge in [-0.1, -0.05) is 15.9 Å². The lowest BCUT2D eigenvalue weighted by molar-refractivity contribution is 0.0976. The van der Waals surface area contributed by atoms with Crippen molar-refractivity contribution in [2.45, 2.75) is 34.6 Å². The molecule has 0 aliphatic rings. The largest absolute Gasteiger partial charge is 0.490 e. The first-order valence-corrected chi connectivity index (χ1v) is 11.0. The maximum absolute atomic E-state index is 12.9. The van der Waals surface area contributed by atoms with Gasteiger partial charge in [-0.3, -0.25) is 10.1 Å². The number of amides is 1. The Morgan fingerprint density at radius 2 is 1.43 bits per heavy atom. The predicted molar refractivity (Wildman–Crippen MR) is 127 cm³/mol. The van der Waals surface area contributed by atoms with E-state index in [1.807, 2.05) is 46.8 Å². The minimum atomic E-state index is -0.370. The number of rotatable bonds is 8. The van der Waals surface area contributed by atoms with Crippen molar-refractivity contribution in [2.75, 3.05) is 25.1 Å². The van der Waals surface area contributed by atoms with Crippen molar-refractivity contribution in [3.63, 3.8) is 0 Å². The molecule has 0 saturated heterocycles. The van der Waals surface area contributed by atoms with Crippen LogP contribution in [0.25, 0.3) is 0 Å². The zero-order valence-corrected chi connectivity index (χ0v) is 20.3. The van der Waals surface area contributed by atoms with E-state index in [9.17, 15) is 4.79 Å². The Morgan fingerprint density at radius 1 is 0.933 bits per heavy atom. The van der Waals surface area contributed by atoms with Crippen molar-refractivity contribution in [1.82, 2.24) is 5.32 Å². The third-order valence-electron chi connectivity index (χ3n) is 4.13. The molecule has 8 heteroatoms.